The average molecular weight is 494 g/mol. The zero-order chi connectivity index (χ0) is 24.8. The van der Waals surface area contributed by atoms with Crippen LogP contribution in [0.25, 0.3) is 0 Å². The van der Waals surface area contributed by atoms with Gasteiger partial charge in [-0.05, 0) is 31.5 Å². The fourth-order valence-corrected chi connectivity index (χ4v) is 5.05. The number of hydrogen-bond acceptors (Lipinski definition) is 7. The number of carboxylic acids is 2. The Morgan fingerprint density at radius 3 is 2.50 bits per heavy atom. The molecular formula is C22H21F3N4O4S. The van der Waals surface area contributed by atoms with E-state index in [0.29, 0.717) is 16.3 Å². The molecule has 8 nitrogen and oxygen atoms in total. The highest BCUT2D eigenvalue weighted by Crippen LogP contribution is 2.40. The average Bonchev–Trinajstić information content (AvgIpc) is 3.30. The summed E-state index contributed by atoms with van der Waals surface area (Å²) in [6, 6.07) is 3.66. The molecule has 0 saturated carbocycles. The van der Waals surface area contributed by atoms with E-state index in [1.54, 1.807) is 12.3 Å². The van der Waals surface area contributed by atoms with Crippen molar-refractivity contribution >= 4 is 29.1 Å². The highest BCUT2D eigenvalue weighted by molar-refractivity contribution is 7.11. The molecule has 0 spiro atoms. The van der Waals surface area contributed by atoms with Gasteiger partial charge < -0.3 is 15.5 Å². The minimum absolute atomic E-state index is 0.0149. The van der Waals surface area contributed by atoms with Crippen LogP contribution in [0.1, 0.15) is 29.6 Å². The molecule has 0 aliphatic carbocycles. The van der Waals surface area contributed by atoms with Crippen molar-refractivity contribution in [2.75, 3.05) is 13.1 Å². The Kier molecular flexibility index (Phi) is 5.98. The number of nitrogens with one attached hydrogen (secondary N) is 1. The SMILES string of the molecule is Cc1csc(C2=N[C@@](C)(c3ccc(F)cc3)C(C(=O)O)=C(CN3CC(F)(F)C[C@H]3C(=O)O)N2)n1. The van der Waals surface area contributed by atoms with Crippen molar-refractivity contribution in [3.63, 3.8) is 0 Å². The molecule has 3 heterocycles. The van der Waals surface area contributed by atoms with Gasteiger partial charge in [0.05, 0.1) is 12.1 Å². The lowest BCUT2D eigenvalue weighted by Gasteiger charge is -2.35. The number of likely N-dealkylation sites (tertiary alicyclic amines) is 1. The number of aliphatic imine (C=N–C) groups is 1. The lowest BCUT2D eigenvalue weighted by Crippen LogP contribution is -2.46. The Hall–Kier alpha value is -3.25. The summed E-state index contributed by atoms with van der Waals surface area (Å²) >= 11 is 1.25. The Morgan fingerprint density at radius 1 is 1.26 bits per heavy atom. The summed E-state index contributed by atoms with van der Waals surface area (Å²) in [4.78, 5) is 34.1. The first kappa shape index (κ1) is 23.9. The largest absolute Gasteiger partial charge is 0.480 e. The molecule has 2 aliphatic heterocycles. The Bertz CT molecular complexity index is 1210. The molecule has 0 bridgehead atoms. The summed E-state index contributed by atoms with van der Waals surface area (Å²) < 4.78 is 41.8. The quantitative estimate of drug-likeness (QED) is 0.566. The van der Waals surface area contributed by atoms with Crippen LogP contribution in [0.3, 0.4) is 0 Å². The zero-order valence-electron chi connectivity index (χ0n) is 18.2. The number of aryl methyl sites for hydroxylation is 1. The topological polar surface area (TPSA) is 115 Å². The van der Waals surface area contributed by atoms with E-state index in [4.69, 9.17) is 0 Å². The first-order valence-electron chi connectivity index (χ1n) is 10.3. The van der Waals surface area contributed by atoms with Gasteiger partial charge in [-0.1, -0.05) is 12.1 Å². The third-order valence-corrected chi connectivity index (χ3v) is 6.82. The maximum atomic E-state index is 14.1. The number of hydrogen-bond donors (Lipinski definition) is 3. The molecule has 1 fully saturated rings. The third kappa shape index (κ3) is 4.42. The van der Waals surface area contributed by atoms with Crippen molar-refractivity contribution in [2.24, 2.45) is 4.99 Å². The fraction of sp³-hybridized carbons (Fsp3) is 0.364. The van der Waals surface area contributed by atoms with E-state index in [1.807, 2.05) is 0 Å². The van der Waals surface area contributed by atoms with Crippen LogP contribution in [0.4, 0.5) is 13.2 Å². The number of carboxylic acid groups (broad SMARTS) is 2. The number of rotatable bonds is 6. The number of aliphatic carboxylic acids is 2. The van der Waals surface area contributed by atoms with E-state index in [-0.39, 0.29) is 17.1 Å². The summed E-state index contributed by atoms with van der Waals surface area (Å²) in [5.74, 6) is -6.33. The second-order valence-corrected chi connectivity index (χ2v) is 9.29. The van der Waals surface area contributed by atoms with Crippen molar-refractivity contribution in [3.05, 3.63) is 63.0 Å². The molecule has 1 aromatic carbocycles. The van der Waals surface area contributed by atoms with Crippen molar-refractivity contribution in [1.29, 1.82) is 0 Å². The van der Waals surface area contributed by atoms with Crippen molar-refractivity contribution in [1.82, 2.24) is 15.2 Å². The molecule has 12 heteroatoms. The van der Waals surface area contributed by atoms with Crippen LogP contribution in [0.15, 0.2) is 45.9 Å². The number of amidine groups is 1. The maximum absolute atomic E-state index is 14.1. The number of halogens is 3. The molecule has 2 atom stereocenters. The van der Waals surface area contributed by atoms with E-state index < -0.39 is 54.8 Å². The van der Waals surface area contributed by atoms with Crippen LogP contribution in [-0.4, -0.2) is 62.9 Å². The summed E-state index contributed by atoms with van der Waals surface area (Å²) in [6.07, 6.45) is -0.875. The first-order valence-corrected chi connectivity index (χ1v) is 11.1. The molecule has 1 aromatic heterocycles. The number of benzene rings is 1. The standard InChI is InChI=1S/C22H21F3N4O4S/c1-11-9-34-18(26-11)17-27-14(8-29-10-22(24,25)7-15(29)19(30)31)16(20(32)33)21(2,28-17)12-3-5-13(23)6-4-12/h3-6,9,15H,7-8,10H2,1-2H3,(H,27,28)(H,30,31)(H,32,33)/t15-,21-/m0/s1. The molecule has 34 heavy (non-hydrogen) atoms. The molecule has 3 N–H and O–H groups in total. The van der Waals surface area contributed by atoms with Crippen LogP contribution in [0.5, 0.6) is 0 Å². The Balaban J connectivity index is 1.85. The highest BCUT2D eigenvalue weighted by Gasteiger charge is 2.50. The monoisotopic (exact) mass is 494 g/mol. The van der Waals surface area contributed by atoms with Crippen molar-refractivity contribution in [3.8, 4) is 0 Å². The normalized spacial score (nSPS) is 24.6. The minimum atomic E-state index is -3.23. The predicted molar refractivity (Wildman–Crippen MR) is 117 cm³/mol. The molecule has 2 aliphatic rings. The van der Waals surface area contributed by atoms with Gasteiger partial charge in [-0.25, -0.2) is 27.9 Å². The number of nitrogens with zero attached hydrogens (tertiary/aromatic N) is 3. The van der Waals surface area contributed by atoms with E-state index in [1.165, 1.54) is 42.5 Å². The second-order valence-electron chi connectivity index (χ2n) is 8.44. The molecule has 0 amide bonds. The third-order valence-electron chi connectivity index (χ3n) is 5.85. The maximum Gasteiger partial charge on any atom is 0.336 e. The first-order chi connectivity index (χ1) is 15.9. The predicted octanol–water partition coefficient (Wildman–Crippen LogP) is 2.99. The van der Waals surface area contributed by atoms with Gasteiger partial charge in [0, 0.05) is 29.7 Å². The smallest absolute Gasteiger partial charge is 0.336 e. The van der Waals surface area contributed by atoms with Crippen LogP contribution < -0.4 is 5.32 Å². The molecular weight excluding hydrogens is 473 g/mol. The summed E-state index contributed by atoms with van der Waals surface area (Å²) in [7, 11) is 0. The van der Waals surface area contributed by atoms with Crippen molar-refractivity contribution in [2.45, 2.75) is 37.8 Å². The van der Waals surface area contributed by atoms with E-state index >= 15 is 0 Å². The molecule has 0 radical (unpaired) electrons. The molecule has 4 rings (SSSR count). The van der Waals surface area contributed by atoms with Gasteiger partial charge >= 0.3 is 11.9 Å². The summed E-state index contributed by atoms with van der Waals surface area (Å²) in [5, 5.41) is 24.7. The molecule has 0 unspecified atom stereocenters. The van der Waals surface area contributed by atoms with Crippen LogP contribution >= 0.6 is 11.3 Å². The van der Waals surface area contributed by atoms with Crippen LogP contribution in [-0.2, 0) is 15.1 Å². The minimum Gasteiger partial charge on any atom is -0.480 e. The summed E-state index contributed by atoms with van der Waals surface area (Å²) in [5.41, 5.74) is -0.711. The van der Waals surface area contributed by atoms with Gasteiger partial charge in [-0.2, -0.15) is 0 Å². The highest BCUT2D eigenvalue weighted by atomic mass is 32.1. The Labute approximate surface area is 196 Å². The van der Waals surface area contributed by atoms with Gasteiger partial charge in [0.15, 0.2) is 10.8 Å². The zero-order valence-corrected chi connectivity index (χ0v) is 19.0. The van der Waals surface area contributed by atoms with Crippen molar-refractivity contribution < 1.29 is 33.0 Å². The van der Waals surface area contributed by atoms with E-state index in [2.05, 4.69) is 15.3 Å². The molecule has 180 valence electrons. The van der Waals surface area contributed by atoms with Gasteiger partial charge in [-0.3, -0.25) is 9.69 Å². The van der Waals surface area contributed by atoms with E-state index in [0.717, 1.165) is 4.90 Å². The van der Waals surface area contributed by atoms with Gasteiger partial charge in [0.25, 0.3) is 5.92 Å². The molecule has 2 aromatic rings. The number of thiazole rings is 1. The molecule has 1 saturated heterocycles. The lowest BCUT2D eigenvalue weighted by molar-refractivity contribution is -0.142. The van der Waals surface area contributed by atoms with E-state index in [9.17, 15) is 33.0 Å². The van der Waals surface area contributed by atoms with Gasteiger partial charge in [-0.15, -0.1) is 11.3 Å². The number of alkyl halides is 2. The fourth-order valence-electron chi connectivity index (χ4n) is 4.31. The van der Waals surface area contributed by atoms with Crippen LogP contribution in [0.2, 0.25) is 0 Å². The van der Waals surface area contributed by atoms with Gasteiger partial charge in [0.2, 0.25) is 0 Å². The summed E-state index contributed by atoms with van der Waals surface area (Å²) in [6.45, 7) is 2.07. The number of carbonyl (C=O) groups is 2. The Morgan fingerprint density at radius 2 is 1.94 bits per heavy atom. The lowest BCUT2D eigenvalue weighted by atomic mass is 9.82. The number of aromatic nitrogens is 1. The van der Waals surface area contributed by atoms with Gasteiger partial charge in [0.1, 0.15) is 17.4 Å². The van der Waals surface area contributed by atoms with Crippen LogP contribution in [0, 0.1) is 12.7 Å². The second kappa shape index (κ2) is 8.51.